The van der Waals surface area contributed by atoms with Gasteiger partial charge in [-0.1, -0.05) is 29.3 Å². The Hall–Kier alpha value is -0.350. The second-order valence-corrected chi connectivity index (χ2v) is 4.74. The summed E-state index contributed by atoms with van der Waals surface area (Å²) in [7, 11) is 0. The normalized spacial score (nSPS) is 24.9. The predicted octanol–water partition coefficient (Wildman–Crippen LogP) is 2.39. The Morgan fingerprint density at radius 2 is 2.19 bits per heavy atom. The van der Waals surface area contributed by atoms with Crippen LogP contribution in [0.15, 0.2) is 18.2 Å². The van der Waals surface area contributed by atoms with Crippen molar-refractivity contribution in [3.8, 4) is 0 Å². The van der Waals surface area contributed by atoms with Gasteiger partial charge in [-0.25, -0.2) is 4.39 Å². The first-order chi connectivity index (χ1) is 7.66. The molecule has 2 unspecified atom stereocenters. The quantitative estimate of drug-likeness (QED) is 0.875. The lowest BCUT2D eigenvalue weighted by Crippen LogP contribution is -2.36. The van der Waals surface area contributed by atoms with E-state index in [1.165, 1.54) is 0 Å². The topological polar surface area (TPSA) is 24.1 Å². The van der Waals surface area contributed by atoms with Crippen molar-refractivity contribution in [2.24, 2.45) is 0 Å². The van der Waals surface area contributed by atoms with E-state index < -0.39 is 6.17 Å². The van der Waals surface area contributed by atoms with E-state index in [4.69, 9.17) is 23.2 Å². The van der Waals surface area contributed by atoms with Crippen molar-refractivity contribution in [1.82, 2.24) is 10.6 Å². The summed E-state index contributed by atoms with van der Waals surface area (Å²) >= 11 is 11.8. The lowest BCUT2D eigenvalue weighted by atomic mass is 10.2. The Labute approximate surface area is 104 Å². The molecule has 1 aromatic carbocycles. The molecular weight excluding hydrogens is 250 g/mol. The van der Waals surface area contributed by atoms with Crippen molar-refractivity contribution < 1.29 is 4.39 Å². The first-order valence-electron chi connectivity index (χ1n) is 5.19. The van der Waals surface area contributed by atoms with E-state index >= 15 is 0 Å². The van der Waals surface area contributed by atoms with Crippen LogP contribution in [-0.2, 0) is 6.54 Å². The van der Waals surface area contributed by atoms with Gasteiger partial charge in [0.25, 0.3) is 0 Å². The number of alkyl halides is 1. The molecule has 1 aromatic rings. The Morgan fingerprint density at radius 3 is 2.81 bits per heavy atom. The highest BCUT2D eigenvalue weighted by atomic mass is 35.5. The average molecular weight is 263 g/mol. The van der Waals surface area contributed by atoms with Crippen LogP contribution in [0.5, 0.6) is 0 Å². The van der Waals surface area contributed by atoms with Gasteiger partial charge in [-0.15, -0.1) is 0 Å². The van der Waals surface area contributed by atoms with Gasteiger partial charge in [-0.3, -0.25) is 0 Å². The van der Waals surface area contributed by atoms with Crippen molar-refractivity contribution in [1.29, 1.82) is 0 Å². The van der Waals surface area contributed by atoms with Crippen molar-refractivity contribution in [3.63, 3.8) is 0 Å². The number of halogens is 3. The predicted molar refractivity (Wildman–Crippen MR) is 64.9 cm³/mol. The van der Waals surface area contributed by atoms with Crippen LogP contribution in [0.1, 0.15) is 5.56 Å². The monoisotopic (exact) mass is 262 g/mol. The number of rotatable bonds is 3. The minimum absolute atomic E-state index is 0.133. The highest BCUT2D eigenvalue weighted by Gasteiger charge is 2.25. The Kier molecular flexibility index (Phi) is 4.03. The first-order valence-corrected chi connectivity index (χ1v) is 5.94. The summed E-state index contributed by atoms with van der Waals surface area (Å²) in [5, 5.41) is 7.36. The first kappa shape index (κ1) is 12.1. The molecule has 1 aliphatic rings. The minimum atomic E-state index is -0.828. The van der Waals surface area contributed by atoms with Crippen LogP contribution >= 0.6 is 23.2 Å². The third kappa shape index (κ3) is 2.86. The van der Waals surface area contributed by atoms with Gasteiger partial charge in [0.15, 0.2) is 0 Å². The smallest absolute Gasteiger partial charge is 0.129 e. The zero-order valence-corrected chi connectivity index (χ0v) is 10.2. The molecule has 0 aliphatic carbocycles. The highest BCUT2D eigenvalue weighted by molar-refractivity contribution is 6.35. The van der Waals surface area contributed by atoms with E-state index in [-0.39, 0.29) is 6.04 Å². The summed E-state index contributed by atoms with van der Waals surface area (Å²) in [6.45, 7) is 1.64. The van der Waals surface area contributed by atoms with E-state index in [1.807, 2.05) is 6.07 Å². The molecule has 0 radical (unpaired) electrons. The van der Waals surface area contributed by atoms with Crippen molar-refractivity contribution in [2.75, 3.05) is 13.1 Å². The molecule has 0 saturated carbocycles. The third-order valence-electron chi connectivity index (χ3n) is 2.71. The molecule has 0 amide bonds. The molecule has 2 atom stereocenters. The van der Waals surface area contributed by atoms with E-state index in [2.05, 4.69) is 10.6 Å². The molecule has 1 saturated heterocycles. The minimum Gasteiger partial charge on any atom is -0.312 e. The molecular formula is C11H13Cl2FN2. The van der Waals surface area contributed by atoms with Crippen LogP contribution in [0.2, 0.25) is 10.0 Å². The fourth-order valence-electron chi connectivity index (χ4n) is 1.75. The molecule has 88 valence electrons. The fourth-order valence-corrected chi connectivity index (χ4v) is 2.23. The molecule has 1 aliphatic heterocycles. The maximum atomic E-state index is 13.3. The van der Waals surface area contributed by atoms with Crippen LogP contribution in [0, 0.1) is 0 Å². The van der Waals surface area contributed by atoms with Gasteiger partial charge in [0, 0.05) is 29.7 Å². The van der Waals surface area contributed by atoms with Gasteiger partial charge in [0.2, 0.25) is 0 Å². The van der Waals surface area contributed by atoms with E-state index in [1.54, 1.807) is 12.1 Å². The number of benzene rings is 1. The Balaban J connectivity index is 1.94. The number of hydrogen-bond donors (Lipinski definition) is 2. The fraction of sp³-hybridized carbons (Fsp3) is 0.455. The molecule has 0 spiro atoms. The van der Waals surface area contributed by atoms with E-state index in [0.717, 1.165) is 5.56 Å². The Morgan fingerprint density at radius 1 is 1.38 bits per heavy atom. The van der Waals surface area contributed by atoms with Gasteiger partial charge in [0.05, 0.1) is 6.04 Å². The molecule has 2 nitrogen and oxygen atoms in total. The molecule has 16 heavy (non-hydrogen) atoms. The van der Waals surface area contributed by atoms with Crippen LogP contribution in [0.4, 0.5) is 4.39 Å². The van der Waals surface area contributed by atoms with Gasteiger partial charge in [0.1, 0.15) is 6.17 Å². The molecule has 5 heteroatoms. The van der Waals surface area contributed by atoms with Crippen molar-refractivity contribution >= 4 is 23.2 Å². The third-order valence-corrected chi connectivity index (χ3v) is 3.30. The van der Waals surface area contributed by atoms with Crippen molar-refractivity contribution in [2.45, 2.75) is 18.8 Å². The lowest BCUT2D eigenvalue weighted by molar-refractivity contribution is 0.298. The summed E-state index contributed by atoms with van der Waals surface area (Å²) in [4.78, 5) is 0. The summed E-state index contributed by atoms with van der Waals surface area (Å²) in [6, 6.07) is 5.20. The molecule has 2 N–H and O–H groups in total. The van der Waals surface area contributed by atoms with Crippen molar-refractivity contribution in [3.05, 3.63) is 33.8 Å². The number of nitrogens with one attached hydrogen (secondary N) is 2. The Bertz CT molecular complexity index is 373. The largest absolute Gasteiger partial charge is 0.312 e. The van der Waals surface area contributed by atoms with Gasteiger partial charge < -0.3 is 10.6 Å². The molecule has 2 rings (SSSR count). The zero-order chi connectivity index (χ0) is 11.5. The highest BCUT2D eigenvalue weighted by Crippen LogP contribution is 2.21. The zero-order valence-electron chi connectivity index (χ0n) is 8.64. The van der Waals surface area contributed by atoms with Crippen LogP contribution in [0.25, 0.3) is 0 Å². The molecule has 1 fully saturated rings. The number of hydrogen-bond acceptors (Lipinski definition) is 2. The summed E-state index contributed by atoms with van der Waals surface area (Å²) in [6.07, 6.45) is -0.828. The van der Waals surface area contributed by atoms with E-state index in [0.29, 0.717) is 29.7 Å². The maximum Gasteiger partial charge on any atom is 0.129 e. The summed E-state index contributed by atoms with van der Waals surface area (Å²) in [5.74, 6) is 0. The summed E-state index contributed by atoms with van der Waals surface area (Å²) in [5.41, 5.74) is 0.935. The SMILES string of the molecule is FC1CNCC1NCc1ccc(Cl)cc1Cl. The second-order valence-electron chi connectivity index (χ2n) is 3.90. The lowest BCUT2D eigenvalue weighted by Gasteiger charge is -2.14. The van der Waals surface area contributed by atoms with E-state index in [9.17, 15) is 4.39 Å². The second kappa shape index (κ2) is 5.32. The summed E-state index contributed by atoms with van der Waals surface area (Å²) < 4.78 is 13.3. The molecule has 1 heterocycles. The van der Waals surface area contributed by atoms with Gasteiger partial charge in [-0.2, -0.15) is 0 Å². The standard InChI is InChI=1S/C11H13Cl2FN2/c12-8-2-1-7(9(13)3-8)4-16-11-6-15-5-10(11)14/h1-3,10-11,15-16H,4-6H2. The molecule has 0 aromatic heterocycles. The maximum absolute atomic E-state index is 13.3. The van der Waals surface area contributed by atoms with Crippen LogP contribution < -0.4 is 10.6 Å². The van der Waals surface area contributed by atoms with Crippen LogP contribution in [-0.4, -0.2) is 25.3 Å². The van der Waals surface area contributed by atoms with Gasteiger partial charge in [-0.05, 0) is 17.7 Å². The van der Waals surface area contributed by atoms with Crippen LogP contribution in [0.3, 0.4) is 0 Å². The van der Waals surface area contributed by atoms with Gasteiger partial charge >= 0.3 is 0 Å². The average Bonchev–Trinajstić information content (AvgIpc) is 2.63. The molecule has 0 bridgehead atoms.